The van der Waals surface area contributed by atoms with Crippen molar-refractivity contribution < 1.29 is 27.5 Å². The molecular weight excluding hydrogens is 298 g/mol. The Morgan fingerprint density at radius 3 is 2.05 bits per heavy atom. The number of hydrogen-bond acceptors (Lipinski definition) is 5. The van der Waals surface area contributed by atoms with Gasteiger partial charge >= 0.3 is 5.97 Å². The second-order valence-electron chi connectivity index (χ2n) is 3.41. The largest absolute Gasteiger partial charge is 0.477 e. The summed E-state index contributed by atoms with van der Waals surface area (Å²) < 4.78 is 53.6. The van der Waals surface area contributed by atoms with Gasteiger partial charge in [0.2, 0.25) is 5.71 Å². The third-order valence-corrected chi connectivity index (χ3v) is 2.12. The number of hydrogen-bond donors (Lipinski definition) is 4. The Bertz CT molecular complexity index is 681. The smallest absolute Gasteiger partial charge is 0.341 e. The van der Waals surface area contributed by atoms with Crippen LogP contribution in [0.25, 0.3) is 0 Å². The van der Waals surface area contributed by atoms with Gasteiger partial charge in [0.1, 0.15) is 17.3 Å². The monoisotopic (exact) mass is 303 g/mol. The van der Waals surface area contributed by atoms with Crippen LogP contribution in [0.1, 0.15) is 10.4 Å². The number of carbonyl (C=O) groups is 1. The van der Waals surface area contributed by atoms with E-state index >= 15 is 0 Å². The number of benzene rings is 1. The first-order valence-corrected chi connectivity index (χ1v) is 4.89. The quantitative estimate of drug-likeness (QED) is 0.218. The average molecular weight is 303 g/mol. The van der Waals surface area contributed by atoms with Crippen molar-refractivity contribution in [2.24, 2.45) is 10.8 Å². The van der Waals surface area contributed by atoms with Crippen LogP contribution in [-0.2, 0) is 0 Å². The number of carboxylic acid groups (broad SMARTS) is 1. The number of anilines is 1. The summed E-state index contributed by atoms with van der Waals surface area (Å²) in [6, 6.07) is 1.28. The second kappa shape index (κ2) is 5.87. The maximum atomic E-state index is 13.5. The predicted molar refractivity (Wildman–Crippen MR) is 61.8 cm³/mol. The molecule has 0 amide bonds. The summed E-state index contributed by atoms with van der Waals surface area (Å²) >= 11 is 0. The number of aromatic carboxylic acids is 1. The third kappa shape index (κ3) is 2.89. The van der Waals surface area contributed by atoms with E-state index in [1.807, 2.05) is 0 Å². The Morgan fingerprint density at radius 2 is 1.71 bits per heavy atom. The minimum absolute atomic E-state index is 0.808. The molecule has 11 heteroatoms. The maximum Gasteiger partial charge on any atom is 0.341 e. The number of hydrazone groups is 1. The highest BCUT2D eigenvalue weighted by Crippen LogP contribution is 2.28. The van der Waals surface area contributed by atoms with Gasteiger partial charge in [0.25, 0.3) is 0 Å². The highest BCUT2D eigenvalue weighted by molar-refractivity contribution is 6.45. The van der Waals surface area contributed by atoms with Crippen LogP contribution in [0.15, 0.2) is 5.10 Å². The Morgan fingerprint density at radius 1 is 1.24 bits per heavy atom. The van der Waals surface area contributed by atoms with Gasteiger partial charge in [-0.1, -0.05) is 0 Å². The molecule has 0 aliphatic rings. The van der Waals surface area contributed by atoms with E-state index in [9.17, 15) is 22.4 Å². The number of amidine groups is 1. The van der Waals surface area contributed by atoms with Gasteiger partial charge in [-0.05, 0) is 0 Å². The van der Waals surface area contributed by atoms with Crippen LogP contribution in [-0.4, -0.2) is 22.6 Å². The number of carboxylic acids is 1. The molecule has 0 aliphatic heterocycles. The summed E-state index contributed by atoms with van der Waals surface area (Å²) in [4.78, 5) is 10.5. The zero-order valence-electron chi connectivity index (χ0n) is 9.84. The topological polar surface area (TPSA) is 135 Å². The summed E-state index contributed by atoms with van der Waals surface area (Å²) in [5.74, 6) is -11.5. The molecule has 0 radical (unpaired) electrons. The van der Waals surface area contributed by atoms with Crippen LogP contribution in [0.4, 0.5) is 23.2 Å². The van der Waals surface area contributed by atoms with Crippen molar-refractivity contribution in [3.05, 3.63) is 28.8 Å². The summed E-state index contributed by atoms with van der Waals surface area (Å²) in [6.07, 6.45) is 0. The van der Waals surface area contributed by atoms with Crippen LogP contribution >= 0.6 is 0 Å². The van der Waals surface area contributed by atoms with E-state index in [1.165, 1.54) is 11.5 Å². The van der Waals surface area contributed by atoms with Gasteiger partial charge in [-0.3, -0.25) is 10.8 Å². The molecule has 0 fully saturated rings. The first-order valence-electron chi connectivity index (χ1n) is 4.89. The fourth-order valence-electron chi connectivity index (χ4n) is 1.17. The van der Waals surface area contributed by atoms with E-state index < -0.39 is 52.0 Å². The number of nitriles is 1. The summed E-state index contributed by atoms with van der Waals surface area (Å²) in [5, 5.41) is 26.8. The second-order valence-corrected chi connectivity index (χ2v) is 3.41. The highest BCUT2D eigenvalue weighted by Gasteiger charge is 2.29. The molecule has 0 unspecified atom stereocenters. The molecule has 21 heavy (non-hydrogen) atoms. The summed E-state index contributed by atoms with van der Waals surface area (Å²) in [6.45, 7) is 0. The van der Waals surface area contributed by atoms with Crippen molar-refractivity contribution in [1.29, 1.82) is 10.7 Å². The maximum absolute atomic E-state index is 13.5. The van der Waals surface area contributed by atoms with E-state index in [2.05, 4.69) is 5.10 Å². The van der Waals surface area contributed by atoms with Gasteiger partial charge in [0.05, 0.1) is 0 Å². The number of halogens is 4. The summed E-state index contributed by atoms with van der Waals surface area (Å²) in [5.41, 5.74) is 2.28. The number of nitrogens with zero attached hydrogens (tertiary/aromatic N) is 2. The third-order valence-electron chi connectivity index (χ3n) is 2.12. The molecule has 0 saturated heterocycles. The minimum atomic E-state index is -2.21. The molecule has 0 aliphatic carbocycles. The Hall–Kier alpha value is -3.16. The lowest BCUT2D eigenvalue weighted by Crippen LogP contribution is -2.22. The molecule has 1 aromatic rings. The molecule has 1 rings (SSSR count). The number of rotatable bonds is 4. The van der Waals surface area contributed by atoms with Crippen LogP contribution in [0, 0.1) is 40.0 Å². The minimum Gasteiger partial charge on any atom is -0.477 e. The zero-order chi connectivity index (χ0) is 16.3. The first-order chi connectivity index (χ1) is 9.72. The lowest BCUT2D eigenvalue weighted by Gasteiger charge is -2.09. The van der Waals surface area contributed by atoms with Gasteiger partial charge in [-0.2, -0.15) is 10.4 Å². The lowest BCUT2D eigenvalue weighted by atomic mass is 10.1. The first kappa shape index (κ1) is 15.9. The van der Waals surface area contributed by atoms with Gasteiger partial charge in [0.15, 0.2) is 29.1 Å². The molecule has 7 nitrogen and oxygen atoms in total. The van der Waals surface area contributed by atoms with E-state index in [1.54, 1.807) is 0 Å². The van der Waals surface area contributed by atoms with Crippen molar-refractivity contribution in [2.45, 2.75) is 0 Å². The average Bonchev–Trinajstić information content (AvgIpc) is 2.40. The molecule has 0 aromatic heterocycles. The molecular formula is C10H5F4N5O2. The molecule has 0 atom stereocenters. The molecule has 5 N–H and O–H groups in total. The fourth-order valence-corrected chi connectivity index (χ4v) is 1.17. The molecule has 110 valence electrons. The Kier molecular flexibility index (Phi) is 4.44. The van der Waals surface area contributed by atoms with Gasteiger partial charge in [-0.15, -0.1) is 0 Å². The number of nitrogens with two attached hydrogens (primary N) is 1. The van der Waals surface area contributed by atoms with E-state index in [0.717, 1.165) is 0 Å². The van der Waals surface area contributed by atoms with Gasteiger partial charge in [0, 0.05) is 0 Å². The van der Waals surface area contributed by atoms with Crippen molar-refractivity contribution >= 4 is 23.2 Å². The van der Waals surface area contributed by atoms with E-state index in [-0.39, 0.29) is 0 Å². The normalized spacial score (nSPS) is 10.9. The molecule has 0 bridgehead atoms. The fraction of sp³-hybridized carbons (Fsp3) is 0. The molecule has 0 saturated carbocycles. The number of nitrogens with one attached hydrogen (secondary N) is 2. The Labute approximate surface area is 113 Å². The van der Waals surface area contributed by atoms with E-state index in [4.69, 9.17) is 21.5 Å². The Balaban J connectivity index is 3.44. The highest BCUT2D eigenvalue weighted by atomic mass is 19.2. The predicted octanol–water partition coefficient (Wildman–Crippen LogP) is 1.17. The zero-order valence-corrected chi connectivity index (χ0v) is 9.84. The van der Waals surface area contributed by atoms with Crippen LogP contribution in [0.2, 0.25) is 0 Å². The van der Waals surface area contributed by atoms with Crippen molar-refractivity contribution in [3.63, 3.8) is 0 Å². The van der Waals surface area contributed by atoms with Crippen molar-refractivity contribution in [1.82, 2.24) is 0 Å². The van der Waals surface area contributed by atoms with Crippen molar-refractivity contribution in [3.8, 4) is 6.07 Å². The standard InChI is InChI=1S/C10H5F4N5O2/c11-4-3(10(20)21)5(12)7(14)8(6(4)13)19-18-2(1-15)9(16)17/h19H,(H3,16,17)(H,20,21)/b18-2+. The van der Waals surface area contributed by atoms with Crippen LogP contribution in [0.5, 0.6) is 0 Å². The molecule has 0 spiro atoms. The van der Waals surface area contributed by atoms with E-state index in [0.29, 0.717) is 0 Å². The molecule has 0 heterocycles. The van der Waals surface area contributed by atoms with Crippen LogP contribution < -0.4 is 11.2 Å². The lowest BCUT2D eigenvalue weighted by molar-refractivity contribution is 0.0683. The van der Waals surface area contributed by atoms with Crippen LogP contribution in [0.3, 0.4) is 0 Å². The summed E-state index contributed by atoms with van der Waals surface area (Å²) in [7, 11) is 0. The van der Waals surface area contributed by atoms with Gasteiger partial charge in [-0.25, -0.2) is 22.4 Å². The molecule has 1 aromatic carbocycles. The SMILES string of the molecule is N#C/C(=N\Nc1c(F)c(F)c(C(=O)O)c(F)c1F)C(=N)N. The van der Waals surface area contributed by atoms with Gasteiger partial charge < -0.3 is 10.8 Å². The van der Waals surface area contributed by atoms with Crippen molar-refractivity contribution in [2.75, 3.05) is 5.43 Å².